The molecule has 0 aromatic heterocycles. The zero-order valence-electron chi connectivity index (χ0n) is 24.4. The number of amides is 2. The molecule has 3 aromatic carbocycles. The van der Waals surface area contributed by atoms with Gasteiger partial charge in [-0.15, -0.1) is 0 Å². The third kappa shape index (κ3) is 6.95. The Balaban J connectivity index is 1.23. The van der Waals surface area contributed by atoms with Crippen LogP contribution in [0.5, 0.6) is 11.5 Å². The summed E-state index contributed by atoms with van der Waals surface area (Å²) >= 11 is 9.87. The van der Waals surface area contributed by atoms with Gasteiger partial charge in [0.05, 0.1) is 10.5 Å². The van der Waals surface area contributed by atoms with E-state index < -0.39 is 0 Å². The number of halogens is 3. The molecule has 1 aliphatic carbocycles. The molecule has 3 aliphatic rings. The number of carbonyl (C=O) groups excluding carboxylic acids is 2. The fourth-order valence-electron chi connectivity index (χ4n) is 5.99. The van der Waals surface area contributed by atoms with Gasteiger partial charge in [0, 0.05) is 55.3 Å². The predicted octanol–water partition coefficient (Wildman–Crippen LogP) is 6.24. The summed E-state index contributed by atoms with van der Waals surface area (Å²) in [5.41, 5.74) is 3.60. The number of nitrogens with one attached hydrogen (secondary N) is 1. The Bertz CT molecular complexity index is 1580. The van der Waals surface area contributed by atoms with E-state index in [-0.39, 0.29) is 49.0 Å². The van der Waals surface area contributed by atoms with Crippen molar-refractivity contribution in [2.45, 2.75) is 50.9 Å². The van der Waals surface area contributed by atoms with Gasteiger partial charge >= 0.3 is 0 Å². The van der Waals surface area contributed by atoms with Gasteiger partial charge in [0.2, 0.25) is 5.91 Å². The van der Waals surface area contributed by atoms with Crippen LogP contribution in [-0.2, 0) is 16.1 Å². The average molecular weight is 683 g/mol. The van der Waals surface area contributed by atoms with Gasteiger partial charge in [-0.1, -0.05) is 41.9 Å². The minimum absolute atomic E-state index is 0.00948. The molecule has 2 atom stereocenters. The summed E-state index contributed by atoms with van der Waals surface area (Å²) in [6.45, 7) is 3.60. The normalized spacial score (nSPS) is 19.5. The van der Waals surface area contributed by atoms with E-state index in [1.54, 1.807) is 13.0 Å². The van der Waals surface area contributed by atoms with E-state index >= 15 is 0 Å². The number of ether oxygens (including phenoxy) is 2. The molecule has 1 N–H and O–H groups in total. The number of benzene rings is 3. The third-order valence-corrected chi connectivity index (χ3v) is 9.36. The van der Waals surface area contributed by atoms with Crippen LogP contribution in [0.25, 0.3) is 5.57 Å². The molecule has 0 spiro atoms. The third-order valence-electron chi connectivity index (χ3n) is 8.33. The zero-order valence-corrected chi connectivity index (χ0v) is 26.7. The van der Waals surface area contributed by atoms with Gasteiger partial charge in [0.25, 0.3) is 5.91 Å². The zero-order chi connectivity index (χ0) is 30.8. The first kappa shape index (κ1) is 30.6. The van der Waals surface area contributed by atoms with Gasteiger partial charge in [0.15, 0.2) is 0 Å². The summed E-state index contributed by atoms with van der Waals surface area (Å²) in [6.07, 6.45) is 2.55. The summed E-state index contributed by atoms with van der Waals surface area (Å²) in [4.78, 5) is 30.6. The highest BCUT2D eigenvalue weighted by atomic mass is 79.9. The predicted molar refractivity (Wildman–Crippen MR) is 171 cm³/mol. The molecule has 7 nitrogen and oxygen atoms in total. The molecule has 44 heavy (non-hydrogen) atoms. The maximum Gasteiger partial charge on any atom is 0.252 e. The van der Waals surface area contributed by atoms with Gasteiger partial charge < -0.3 is 24.6 Å². The SMILES string of the molecule is CC(=O)N1C[C@H]2CC(c3ccc(OCCOc4cc(F)ccc4Br)cc3)=C(C(=O)N(Cc3ccccc3Cl)C3CC3)[C@@H](C1)N2. The summed E-state index contributed by atoms with van der Waals surface area (Å²) in [7, 11) is 0. The van der Waals surface area contributed by atoms with E-state index in [1.807, 2.05) is 58.3 Å². The van der Waals surface area contributed by atoms with E-state index in [0.717, 1.165) is 29.5 Å². The maximum absolute atomic E-state index is 14.5. The Hall–Kier alpha value is -3.40. The molecule has 0 radical (unpaired) electrons. The molecule has 2 amide bonds. The van der Waals surface area contributed by atoms with Gasteiger partial charge in [-0.2, -0.15) is 0 Å². The maximum atomic E-state index is 14.5. The van der Waals surface area contributed by atoms with Crippen LogP contribution in [0, 0.1) is 5.82 Å². The van der Waals surface area contributed by atoms with Crippen LogP contribution in [0.1, 0.15) is 37.3 Å². The first-order chi connectivity index (χ1) is 21.3. The monoisotopic (exact) mass is 681 g/mol. The van der Waals surface area contributed by atoms with Crippen molar-refractivity contribution in [3.05, 3.63) is 98.7 Å². The van der Waals surface area contributed by atoms with Crippen molar-refractivity contribution in [1.82, 2.24) is 15.1 Å². The minimum atomic E-state index is -0.368. The van der Waals surface area contributed by atoms with E-state index in [0.29, 0.717) is 52.6 Å². The van der Waals surface area contributed by atoms with Crippen LogP contribution in [0.2, 0.25) is 5.02 Å². The van der Waals surface area contributed by atoms with Crippen molar-refractivity contribution in [2.24, 2.45) is 0 Å². The van der Waals surface area contributed by atoms with E-state index in [4.69, 9.17) is 21.1 Å². The Labute approximate surface area is 270 Å². The average Bonchev–Trinajstić information content (AvgIpc) is 3.85. The lowest BCUT2D eigenvalue weighted by Crippen LogP contribution is -2.61. The molecule has 0 unspecified atom stereocenters. The molecule has 1 saturated heterocycles. The van der Waals surface area contributed by atoms with Crippen LogP contribution in [-0.4, -0.2) is 66.0 Å². The minimum Gasteiger partial charge on any atom is -0.490 e. The van der Waals surface area contributed by atoms with E-state index in [2.05, 4.69) is 21.2 Å². The van der Waals surface area contributed by atoms with Gasteiger partial charge in [0.1, 0.15) is 30.5 Å². The van der Waals surface area contributed by atoms with Crippen molar-refractivity contribution in [3.63, 3.8) is 0 Å². The number of carbonyl (C=O) groups is 2. The topological polar surface area (TPSA) is 71.1 Å². The van der Waals surface area contributed by atoms with Crippen molar-refractivity contribution < 1.29 is 23.5 Å². The fraction of sp³-hybridized carbons (Fsp3) is 0.353. The van der Waals surface area contributed by atoms with Gasteiger partial charge in [-0.25, -0.2) is 4.39 Å². The summed E-state index contributed by atoms with van der Waals surface area (Å²) < 4.78 is 25.8. The van der Waals surface area contributed by atoms with E-state index in [1.165, 1.54) is 12.1 Å². The van der Waals surface area contributed by atoms with Crippen LogP contribution >= 0.6 is 27.5 Å². The largest absolute Gasteiger partial charge is 0.490 e. The molecule has 1 saturated carbocycles. The highest BCUT2D eigenvalue weighted by Crippen LogP contribution is 2.38. The highest BCUT2D eigenvalue weighted by molar-refractivity contribution is 9.10. The van der Waals surface area contributed by atoms with Crippen LogP contribution < -0.4 is 14.8 Å². The fourth-order valence-corrected chi connectivity index (χ4v) is 6.55. The van der Waals surface area contributed by atoms with Crippen LogP contribution in [0.3, 0.4) is 0 Å². The Kier molecular flexibility index (Phi) is 9.26. The summed E-state index contributed by atoms with van der Waals surface area (Å²) in [5, 5.41) is 4.28. The standard InChI is InChI=1S/C34H34BrClFN3O4/c1-21(41)39-19-25-17-28(22-6-11-27(12-7-22)43-14-15-44-32-16-24(37)8-13-29(32)35)33(31(20-39)38-25)34(42)40(26-9-10-26)18-23-4-2-3-5-30(23)36/h2-8,11-13,16,25-26,31,38H,9-10,14-15,17-20H2,1H3/t25-,31-/m1/s1. The Morgan fingerprint density at radius 3 is 2.52 bits per heavy atom. The molecule has 230 valence electrons. The Morgan fingerprint density at radius 2 is 1.80 bits per heavy atom. The second-order valence-electron chi connectivity index (χ2n) is 11.5. The number of hydrogen-bond donors (Lipinski definition) is 1. The molecule has 2 aliphatic heterocycles. The number of hydrogen-bond acceptors (Lipinski definition) is 5. The molecule has 2 bridgehead atoms. The van der Waals surface area contributed by atoms with Gasteiger partial charge in [-0.05, 0) is 82.2 Å². The number of fused-ring (bicyclic) bond motifs is 2. The lowest BCUT2D eigenvalue weighted by molar-refractivity contribution is -0.132. The van der Waals surface area contributed by atoms with E-state index in [9.17, 15) is 14.0 Å². The Morgan fingerprint density at radius 1 is 1.05 bits per heavy atom. The summed E-state index contributed by atoms with van der Waals surface area (Å²) in [5.74, 6) is 0.723. The molecule has 10 heteroatoms. The summed E-state index contributed by atoms with van der Waals surface area (Å²) in [6, 6.07) is 19.7. The van der Waals surface area contributed by atoms with Crippen LogP contribution in [0.15, 0.2) is 76.8 Å². The number of nitrogens with zero attached hydrogens (tertiary/aromatic N) is 2. The first-order valence-electron chi connectivity index (χ1n) is 14.9. The molecule has 6 rings (SSSR count). The molecule has 2 fully saturated rings. The van der Waals surface area contributed by atoms with Gasteiger partial charge in [-0.3, -0.25) is 9.59 Å². The van der Waals surface area contributed by atoms with Crippen molar-refractivity contribution >= 4 is 44.9 Å². The van der Waals surface area contributed by atoms with Crippen molar-refractivity contribution in [3.8, 4) is 11.5 Å². The first-order valence-corrected chi connectivity index (χ1v) is 16.0. The number of rotatable bonds is 10. The molecule has 3 aromatic rings. The second-order valence-corrected chi connectivity index (χ2v) is 12.7. The molecular weight excluding hydrogens is 649 g/mol. The molecular formula is C34H34BrClFN3O4. The quantitative estimate of drug-likeness (QED) is 0.257. The van der Waals surface area contributed by atoms with Crippen molar-refractivity contribution in [1.29, 1.82) is 0 Å². The lowest BCUT2D eigenvalue weighted by atomic mass is 9.82. The highest BCUT2D eigenvalue weighted by Gasteiger charge is 2.43. The number of piperazine rings is 1. The second kappa shape index (κ2) is 13.3. The smallest absolute Gasteiger partial charge is 0.252 e. The van der Waals surface area contributed by atoms with Crippen molar-refractivity contribution in [2.75, 3.05) is 26.3 Å². The molecule has 2 heterocycles. The van der Waals surface area contributed by atoms with Crippen LogP contribution in [0.4, 0.5) is 4.39 Å². The lowest BCUT2D eigenvalue weighted by Gasteiger charge is -2.44.